The summed E-state index contributed by atoms with van der Waals surface area (Å²) in [4.78, 5) is 2.49. The number of halogens is 2. The number of hydrazone groups is 1. The lowest BCUT2D eigenvalue weighted by molar-refractivity contribution is -0.149. The Morgan fingerprint density at radius 2 is 1.93 bits per heavy atom. The number of nitrogens with zero attached hydrogens (tertiary/aromatic N) is 3. The van der Waals surface area contributed by atoms with Crippen LogP contribution in [0, 0.1) is 0 Å². The highest BCUT2D eigenvalue weighted by Gasteiger charge is 2.51. The second-order valence-corrected chi connectivity index (χ2v) is 9.13. The van der Waals surface area contributed by atoms with Gasteiger partial charge in [0, 0.05) is 47.4 Å². The highest BCUT2D eigenvalue weighted by molar-refractivity contribution is 9.10. The Hall–Kier alpha value is -1.56. The molecule has 4 nitrogen and oxygen atoms in total. The van der Waals surface area contributed by atoms with Crippen molar-refractivity contribution >= 4 is 33.2 Å². The number of benzene rings is 2. The smallest absolute Gasteiger partial charge is 0.200 e. The Labute approximate surface area is 179 Å². The summed E-state index contributed by atoms with van der Waals surface area (Å²) in [5.41, 5.74) is 3.10. The van der Waals surface area contributed by atoms with Crippen molar-refractivity contribution < 1.29 is 4.74 Å². The number of ether oxygens (including phenoxy) is 1. The summed E-state index contributed by atoms with van der Waals surface area (Å²) < 4.78 is 7.75. The first-order valence-corrected chi connectivity index (χ1v) is 11.1. The molecule has 1 atom stereocenters. The van der Waals surface area contributed by atoms with Gasteiger partial charge in [0.2, 0.25) is 5.72 Å². The van der Waals surface area contributed by atoms with Crippen LogP contribution in [0.25, 0.3) is 0 Å². The molecule has 0 radical (unpaired) electrons. The van der Waals surface area contributed by atoms with E-state index in [0.717, 1.165) is 65.4 Å². The molecule has 3 aliphatic heterocycles. The molecule has 6 heteroatoms. The van der Waals surface area contributed by atoms with Crippen molar-refractivity contribution in [3.63, 3.8) is 0 Å². The molecule has 0 unspecified atom stereocenters. The molecule has 0 amide bonds. The average Bonchev–Trinajstić information content (AvgIpc) is 3.17. The van der Waals surface area contributed by atoms with E-state index < -0.39 is 0 Å². The molecule has 0 bridgehead atoms. The predicted molar refractivity (Wildman–Crippen MR) is 116 cm³/mol. The molecule has 5 rings (SSSR count). The minimum Gasteiger partial charge on any atom is -0.466 e. The van der Waals surface area contributed by atoms with Crippen molar-refractivity contribution in [3.8, 4) is 5.75 Å². The monoisotopic (exact) mass is 459 g/mol. The normalized spacial score (nSPS) is 23.2. The van der Waals surface area contributed by atoms with Crippen LogP contribution in [0.4, 0.5) is 0 Å². The third-order valence-electron chi connectivity index (χ3n) is 6.22. The van der Waals surface area contributed by atoms with Crippen LogP contribution in [0.3, 0.4) is 0 Å². The van der Waals surface area contributed by atoms with Gasteiger partial charge in [0.15, 0.2) is 0 Å². The molecule has 0 saturated carbocycles. The third kappa shape index (κ3) is 3.04. The van der Waals surface area contributed by atoms with E-state index in [4.69, 9.17) is 21.4 Å². The van der Waals surface area contributed by atoms with Crippen LogP contribution in [0.2, 0.25) is 5.02 Å². The van der Waals surface area contributed by atoms with Gasteiger partial charge in [0.1, 0.15) is 5.75 Å². The standard InChI is InChI=1S/C22H23BrClN3O/c1-2-26-11-9-22(10-12-26)27-20(18-13-16(23)5-8-21(18)28-22)14-19(25-27)15-3-6-17(24)7-4-15/h3-8,13,20H,2,9-12,14H2,1H3/t20-/m1/s1. The van der Waals surface area contributed by atoms with E-state index in [1.165, 1.54) is 5.56 Å². The molecular weight excluding hydrogens is 438 g/mol. The molecule has 0 N–H and O–H groups in total. The lowest BCUT2D eigenvalue weighted by Crippen LogP contribution is -2.59. The van der Waals surface area contributed by atoms with Crippen molar-refractivity contribution in [1.82, 2.24) is 9.91 Å². The van der Waals surface area contributed by atoms with Gasteiger partial charge < -0.3 is 9.64 Å². The van der Waals surface area contributed by atoms with Gasteiger partial charge in [-0.25, -0.2) is 5.01 Å². The van der Waals surface area contributed by atoms with Crippen LogP contribution in [0.1, 0.15) is 43.4 Å². The van der Waals surface area contributed by atoms with Crippen LogP contribution in [-0.4, -0.2) is 41.0 Å². The maximum Gasteiger partial charge on any atom is 0.200 e. The number of piperidine rings is 1. The number of rotatable bonds is 2. The van der Waals surface area contributed by atoms with Gasteiger partial charge in [0.05, 0.1) is 11.8 Å². The largest absolute Gasteiger partial charge is 0.466 e. The van der Waals surface area contributed by atoms with E-state index in [9.17, 15) is 0 Å². The van der Waals surface area contributed by atoms with Crippen LogP contribution in [0.5, 0.6) is 5.75 Å². The summed E-state index contributed by atoms with van der Waals surface area (Å²) >= 11 is 9.72. The zero-order chi connectivity index (χ0) is 19.3. The first-order valence-electron chi connectivity index (χ1n) is 9.91. The first kappa shape index (κ1) is 18.5. The first-order chi connectivity index (χ1) is 13.6. The molecule has 3 aliphatic rings. The second kappa shape index (κ2) is 7.05. The Morgan fingerprint density at radius 3 is 2.64 bits per heavy atom. The minimum atomic E-state index is -0.356. The van der Waals surface area contributed by atoms with E-state index in [0.29, 0.717) is 0 Å². The quantitative estimate of drug-likeness (QED) is 0.596. The fourth-order valence-electron chi connectivity index (χ4n) is 4.62. The number of hydrogen-bond donors (Lipinski definition) is 0. The van der Waals surface area contributed by atoms with Crippen molar-refractivity contribution in [2.75, 3.05) is 19.6 Å². The van der Waals surface area contributed by atoms with Crippen molar-refractivity contribution in [2.45, 2.75) is 38.0 Å². The molecule has 1 saturated heterocycles. The summed E-state index contributed by atoms with van der Waals surface area (Å²) in [5.74, 6) is 1.00. The lowest BCUT2D eigenvalue weighted by atomic mass is 9.91. The van der Waals surface area contributed by atoms with Crippen LogP contribution >= 0.6 is 27.5 Å². The van der Waals surface area contributed by atoms with E-state index in [2.05, 4.69) is 63.1 Å². The lowest BCUT2D eigenvalue weighted by Gasteiger charge is -2.51. The summed E-state index contributed by atoms with van der Waals surface area (Å²) in [7, 11) is 0. The zero-order valence-electron chi connectivity index (χ0n) is 15.9. The van der Waals surface area contributed by atoms with Crippen LogP contribution in [0.15, 0.2) is 52.0 Å². The Bertz CT molecular complexity index is 922. The molecule has 2 aromatic carbocycles. The Kier molecular flexibility index (Phi) is 4.65. The third-order valence-corrected chi connectivity index (χ3v) is 6.97. The number of hydrogen-bond acceptors (Lipinski definition) is 4. The fraction of sp³-hybridized carbons (Fsp3) is 0.409. The van der Waals surface area contributed by atoms with Crippen molar-refractivity contribution in [2.24, 2.45) is 5.10 Å². The van der Waals surface area contributed by atoms with E-state index in [-0.39, 0.29) is 11.8 Å². The molecule has 1 spiro atoms. The van der Waals surface area contributed by atoms with Crippen LogP contribution in [-0.2, 0) is 0 Å². The molecule has 0 aliphatic carbocycles. The minimum absolute atomic E-state index is 0.208. The summed E-state index contributed by atoms with van der Waals surface area (Å²) in [6.07, 6.45) is 2.81. The highest BCUT2D eigenvalue weighted by atomic mass is 79.9. The maximum absolute atomic E-state index is 6.68. The summed E-state index contributed by atoms with van der Waals surface area (Å²) in [6.45, 7) is 5.39. The maximum atomic E-state index is 6.68. The Morgan fingerprint density at radius 1 is 1.18 bits per heavy atom. The van der Waals surface area contributed by atoms with Crippen LogP contribution < -0.4 is 4.74 Å². The Balaban J connectivity index is 1.56. The van der Waals surface area contributed by atoms with Gasteiger partial charge in [-0.2, -0.15) is 5.10 Å². The molecule has 3 heterocycles. The van der Waals surface area contributed by atoms with Crippen molar-refractivity contribution in [1.29, 1.82) is 0 Å². The SMILES string of the molecule is CCN1CCC2(CC1)Oc1ccc(Br)cc1[C@H]1CC(c3ccc(Cl)cc3)=NN12. The zero-order valence-corrected chi connectivity index (χ0v) is 18.2. The van der Waals surface area contributed by atoms with Gasteiger partial charge in [-0.05, 0) is 42.4 Å². The topological polar surface area (TPSA) is 28.1 Å². The molecular formula is C22H23BrClN3O. The summed E-state index contributed by atoms with van der Waals surface area (Å²) in [6, 6.07) is 14.6. The molecule has 28 heavy (non-hydrogen) atoms. The van der Waals surface area contributed by atoms with Gasteiger partial charge in [-0.3, -0.25) is 0 Å². The van der Waals surface area contributed by atoms with Gasteiger partial charge in [-0.1, -0.05) is 46.6 Å². The number of fused-ring (bicyclic) bond motifs is 4. The molecule has 1 fully saturated rings. The fourth-order valence-corrected chi connectivity index (χ4v) is 5.12. The highest BCUT2D eigenvalue weighted by Crippen LogP contribution is 2.50. The predicted octanol–water partition coefficient (Wildman–Crippen LogP) is 5.46. The number of likely N-dealkylation sites (tertiary alicyclic amines) is 1. The van der Waals surface area contributed by atoms with Gasteiger partial charge in [-0.15, -0.1) is 0 Å². The van der Waals surface area contributed by atoms with E-state index in [1.54, 1.807) is 0 Å². The van der Waals surface area contributed by atoms with E-state index in [1.807, 2.05) is 12.1 Å². The van der Waals surface area contributed by atoms with Crippen molar-refractivity contribution in [3.05, 3.63) is 63.1 Å². The van der Waals surface area contributed by atoms with Gasteiger partial charge >= 0.3 is 0 Å². The second-order valence-electron chi connectivity index (χ2n) is 7.78. The van der Waals surface area contributed by atoms with E-state index >= 15 is 0 Å². The average molecular weight is 461 g/mol. The molecule has 146 valence electrons. The molecule has 2 aromatic rings. The summed E-state index contributed by atoms with van der Waals surface area (Å²) in [5, 5.41) is 8.13. The molecule has 0 aromatic heterocycles. The van der Waals surface area contributed by atoms with Gasteiger partial charge in [0.25, 0.3) is 0 Å².